The van der Waals surface area contributed by atoms with Gasteiger partial charge in [-0.3, -0.25) is 0 Å². The van der Waals surface area contributed by atoms with E-state index in [1.165, 1.54) is 0 Å². The molecule has 1 aliphatic carbocycles. The van der Waals surface area contributed by atoms with Crippen molar-refractivity contribution in [2.75, 3.05) is 0 Å². The molecule has 0 unspecified atom stereocenters. The van der Waals surface area contributed by atoms with Crippen molar-refractivity contribution >= 4 is 15.9 Å². The molecule has 72 valence electrons. The lowest BCUT2D eigenvalue weighted by Gasteiger charge is -2.05. The minimum absolute atomic E-state index is 0.369. The van der Waals surface area contributed by atoms with Crippen LogP contribution in [0.25, 0.3) is 0 Å². The van der Waals surface area contributed by atoms with Gasteiger partial charge in [0, 0.05) is 6.42 Å². The molecular formula is C10H13BrO2. The van der Waals surface area contributed by atoms with Crippen molar-refractivity contribution in [1.29, 1.82) is 0 Å². The number of aryl methyl sites for hydroxylation is 2. The van der Waals surface area contributed by atoms with Crippen molar-refractivity contribution in [3.05, 3.63) is 22.1 Å². The van der Waals surface area contributed by atoms with Gasteiger partial charge in [-0.15, -0.1) is 0 Å². The molecule has 0 radical (unpaired) electrons. The summed E-state index contributed by atoms with van der Waals surface area (Å²) < 4.78 is 6.22. The first-order valence-corrected chi connectivity index (χ1v) is 5.36. The number of halogens is 1. The van der Waals surface area contributed by atoms with Crippen LogP contribution in [-0.4, -0.2) is 10.7 Å². The summed E-state index contributed by atoms with van der Waals surface area (Å²) in [4.78, 5) is 0. The van der Waals surface area contributed by atoms with Crippen LogP contribution in [0.5, 0.6) is 0 Å². The van der Waals surface area contributed by atoms with Crippen LogP contribution < -0.4 is 0 Å². The lowest BCUT2D eigenvalue weighted by Crippen LogP contribution is -2.07. The molecule has 1 heterocycles. The monoisotopic (exact) mass is 244 g/mol. The molecule has 13 heavy (non-hydrogen) atoms. The van der Waals surface area contributed by atoms with E-state index in [1.54, 1.807) is 0 Å². The fourth-order valence-electron chi connectivity index (χ4n) is 1.47. The molecule has 1 saturated carbocycles. The predicted octanol–water partition coefficient (Wildman–Crippen LogP) is 2.81. The maximum Gasteiger partial charge on any atom is 0.169 e. The topological polar surface area (TPSA) is 33.4 Å². The first kappa shape index (κ1) is 9.28. The second-order valence-corrected chi connectivity index (χ2v) is 4.66. The Bertz CT molecular complexity index is 313. The predicted molar refractivity (Wildman–Crippen MR) is 53.6 cm³/mol. The normalized spacial score (nSPS) is 19.0. The average Bonchev–Trinajstić information content (AvgIpc) is 2.69. The van der Waals surface area contributed by atoms with Gasteiger partial charge in [-0.2, -0.15) is 0 Å². The van der Waals surface area contributed by atoms with Crippen molar-refractivity contribution in [2.45, 2.75) is 38.2 Å². The van der Waals surface area contributed by atoms with Crippen LogP contribution in [0.4, 0.5) is 0 Å². The average molecular weight is 245 g/mol. The molecule has 0 aromatic carbocycles. The molecule has 3 heteroatoms. The maximum atomic E-state index is 9.63. The molecule has 0 amide bonds. The molecule has 1 aliphatic rings. The number of hydrogen-bond acceptors (Lipinski definition) is 2. The first-order valence-electron chi connectivity index (χ1n) is 4.56. The highest BCUT2D eigenvalue weighted by Crippen LogP contribution is 2.39. The zero-order valence-electron chi connectivity index (χ0n) is 7.64. The Morgan fingerprint density at radius 1 is 1.62 bits per heavy atom. The van der Waals surface area contributed by atoms with E-state index in [0.717, 1.165) is 41.7 Å². The molecular weight excluding hydrogens is 232 g/mol. The molecule has 2 rings (SSSR count). The van der Waals surface area contributed by atoms with Crippen LogP contribution in [0.3, 0.4) is 0 Å². The summed E-state index contributed by atoms with van der Waals surface area (Å²) in [6.45, 7) is 2.03. The largest absolute Gasteiger partial charge is 0.454 e. The third kappa shape index (κ3) is 2.15. The Kier molecular flexibility index (Phi) is 2.24. The zero-order valence-corrected chi connectivity index (χ0v) is 9.23. The molecule has 1 aromatic rings. The number of furan rings is 1. The van der Waals surface area contributed by atoms with E-state index in [2.05, 4.69) is 15.9 Å². The van der Waals surface area contributed by atoms with Crippen molar-refractivity contribution in [2.24, 2.45) is 0 Å². The van der Waals surface area contributed by atoms with Crippen LogP contribution >= 0.6 is 15.9 Å². The van der Waals surface area contributed by atoms with E-state index in [9.17, 15) is 5.11 Å². The minimum Gasteiger partial charge on any atom is -0.454 e. The summed E-state index contributed by atoms with van der Waals surface area (Å²) >= 11 is 3.29. The van der Waals surface area contributed by atoms with Gasteiger partial charge in [0.2, 0.25) is 0 Å². The van der Waals surface area contributed by atoms with Crippen molar-refractivity contribution in [3.8, 4) is 0 Å². The molecule has 0 spiro atoms. The number of hydrogen-bond donors (Lipinski definition) is 1. The van der Waals surface area contributed by atoms with Crippen molar-refractivity contribution < 1.29 is 9.52 Å². The Labute approximate surface area is 86.1 Å². The van der Waals surface area contributed by atoms with E-state index in [0.29, 0.717) is 0 Å². The minimum atomic E-state index is -0.369. The summed E-state index contributed by atoms with van der Waals surface area (Å²) in [5.41, 5.74) is 0.794. The van der Waals surface area contributed by atoms with Gasteiger partial charge < -0.3 is 9.52 Å². The van der Waals surface area contributed by atoms with E-state index in [-0.39, 0.29) is 5.60 Å². The van der Waals surface area contributed by atoms with Gasteiger partial charge in [-0.05, 0) is 53.7 Å². The number of aliphatic hydroxyl groups is 1. The van der Waals surface area contributed by atoms with Crippen molar-refractivity contribution in [3.63, 3.8) is 0 Å². The first-order chi connectivity index (χ1) is 6.09. The fourth-order valence-corrected chi connectivity index (χ4v) is 2.01. The third-order valence-corrected chi connectivity index (χ3v) is 3.03. The van der Waals surface area contributed by atoms with Crippen LogP contribution in [0.15, 0.2) is 15.2 Å². The third-order valence-electron chi connectivity index (χ3n) is 2.64. The van der Waals surface area contributed by atoms with Crippen molar-refractivity contribution in [1.82, 2.24) is 0 Å². The Balaban J connectivity index is 1.97. The molecule has 1 N–H and O–H groups in total. The lowest BCUT2D eigenvalue weighted by atomic mass is 10.1. The maximum absolute atomic E-state index is 9.63. The van der Waals surface area contributed by atoms with Gasteiger partial charge in [0.1, 0.15) is 5.76 Å². The van der Waals surface area contributed by atoms with Crippen LogP contribution in [0.1, 0.15) is 30.6 Å². The molecule has 1 fully saturated rings. The zero-order chi connectivity index (χ0) is 9.47. The molecule has 0 saturated heterocycles. The van der Waals surface area contributed by atoms with E-state index >= 15 is 0 Å². The van der Waals surface area contributed by atoms with Crippen LogP contribution in [-0.2, 0) is 6.42 Å². The number of rotatable bonds is 3. The SMILES string of the molecule is Cc1cc(Br)oc1CCC1(O)CC1. The highest BCUT2D eigenvalue weighted by atomic mass is 79.9. The van der Waals surface area contributed by atoms with Crippen LogP contribution in [0, 0.1) is 6.92 Å². The molecule has 0 aliphatic heterocycles. The molecule has 1 aromatic heterocycles. The highest BCUT2D eigenvalue weighted by Gasteiger charge is 2.39. The van der Waals surface area contributed by atoms with E-state index < -0.39 is 0 Å². The van der Waals surface area contributed by atoms with Gasteiger partial charge in [-0.1, -0.05) is 0 Å². The smallest absolute Gasteiger partial charge is 0.169 e. The summed E-state index contributed by atoms with van der Waals surface area (Å²) in [7, 11) is 0. The lowest BCUT2D eigenvalue weighted by molar-refractivity contribution is 0.138. The summed E-state index contributed by atoms with van der Waals surface area (Å²) in [6, 6.07) is 1.96. The Morgan fingerprint density at radius 2 is 2.31 bits per heavy atom. The van der Waals surface area contributed by atoms with Gasteiger partial charge in [0.15, 0.2) is 4.67 Å². The van der Waals surface area contributed by atoms with Gasteiger partial charge in [-0.25, -0.2) is 0 Å². The van der Waals surface area contributed by atoms with Gasteiger partial charge >= 0.3 is 0 Å². The standard InChI is InChI=1S/C10H13BrO2/c1-7-6-9(11)13-8(7)2-3-10(12)4-5-10/h6,12H,2-5H2,1H3. The van der Waals surface area contributed by atoms with Gasteiger partial charge in [0.25, 0.3) is 0 Å². The highest BCUT2D eigenvalue weighted by molar-refractivity contribution is 9.10. The van der Waals surface area contributed by atoms with Crippen LogP contribution in [0.2, 0.25) is 0 Å². The van der Waals surface area contributed by atoms with E-state index in [1.807, 2.05) is 13.0 Å². The van der Waals surface area contributed by atoms with E-state index in [4.69, 9.17) is 4.42 Å². The quantitative estimate of drug-likeness (QED) is 0.888. The molecule has 0 atom stereocenters. The summed E-state index contributed by atoms with van der Waals surface area (Å²) in [6.07, 6.45) is 3.57. The molecule has 2 nitrogen and oxygen atoms in total. The second-order valence-electron chi connectivity index (χ2n) is 3.88. The summed E-state index contributed by atoms with van der Waals surface area (Å²) in [5, 5.41) is 9.63. The van der Waals surface area contributed by atoms with Gasteiger partial charge in [0.05, 0.1) is 5.60 Å². The Hall–Kier alpha value is -0.280. The fraction of sp³-hybridized carbons (Fsp3) is 0.600. The molecule has 0 bridgehead atoms. The second kappa shape index (κ2) is 3.14. The Morgan fingerprint density at radius 3 is 2.77 bits per heavy atom. The summed E-state index contributed by atoms with van der Waals surface area (Å²) in [5.74, 6) is 0.993.